The fourth-order valence-electron chi connectivity index (χ4n) is 3.41. The Morgan fingerprint density at radius 2 is 1.93 bits per heavy atom. The lowest BCUT2D eigenvalue weighted by Gasteiger charge is -2.27. The highest BCUT2D eigenvalue weighted by Crippen LogP contribution is 2.28. The Labute approximate surface area is 165 Å². The van der Waals surface area contributed by atoms with Crippen LogP contribution in [0.15, 0.2) is 48.5 Å². The van der Waals surface area contributed by atoms with Gasteiger partial charge in [0.05, 0.1) is 7.11 Å². The van der Waals surface area contributed by atoms with Crippen LogP contribution in [-0.2, 0) is 17.8 Å². The smallest absolute Gasteiger partial charge is 0.315 e. The number of methoxy groups -OCH3 is 1. The summed E-state index contributed by atoms with van der Waals surface area (Å²) in [6.07, 6.45) is 0.842. The van der Waals surface area contributed by atoms with E-state index in [1.807, 2.05) is 62.4 Å². The Kier molecular flexibility index (Phi) is 6.19. The lowest BCUT2D eigenvalue weighted by atomic mass is 10.0. The van der Waals surface area contributed by atoms with Crippen molar-refractivity contribution in [3.8, 4) is 5.75 Å². The number of benzene rings is 2. The van der Waals surface area contributed by atoms with Gasteiger partial charge in [-0.15, -0.1) is 0 Å². The van der Waals surface area contributed by atoms with Crippen LogP contribution in [0.3, 0.4) is 0 Å². The first-order chi connectivity index (χ1) is 13.5. The Hall–Kier alpha value is -3.02. The molecular weight excluding hydrogens is 354 g/mol. The van der Waals surface area contributed by atoms with Gasteiger partial charge in [-0.3, -0.25) is 4.79 Å². The summed E-state index contributed by atoms with van der Waals surface area (Å²) in [4.78, 5) is 27.3. The molecule has 0 aromatic heterocycles. The molecule has 0 unspecified atom stereocenters. The summed E-state index contributed by atoms with van der Waals surface area (Å²) in [6, 6.07) is 14.5. The van der Waals surface area contributed by atoms with E-state index >= 15 is 0 Å². The van der Waals surface area contributed by atoms with Crippen molar-refractivity contribution in [3.63, 3.8) is 0 Å². The first-order valence-electron chi connectivity index (χ1n) is 9.56. The minimum absolute atomic E-state index is 0.0252. The molecule has 148 valence electrons. The second-order valence-electron chi connectivity index (χ2n) is 7.27. The van der Waals surface area contributed by atoms with Crippen LogP contribution in [0.2, 0.25) is 0 Å². The molecule has 0 radical (unpaired) electrons. The van der Waals surface area contributed by atoms with Gasteiger partial charge in [-0.1, -0.05) is 44.2 Å². The van der Waals surface area contributed by atoms with Gasteiger partial charge < -0.3 is 20.3 Å². The summed E-state index contributed by atoms with van der Waals surface area (Å²) in [5.74, 6) is 0.641. The number of nitrogens with zero attached hydrogens (tertiary/aromatic N) is 1. The van der Waals surface area contributed by atoms with Gasteiger partial charge in [-0.05, 0) is 41.7 Å². The monoisotopic (exact) mass is 381 g/mol. The Bertz CT molecular complexity index is 850. The van der Waals surface area contributed by atoms with Gasteiger partial charge in [0.1, 0.15) is 11.8 Å². The van der Waals surface area contributed by atoms with E-state index in [0.29, 0.717) is 13.1 Å². The maximum atomic E-state index is 13.1. The minimum atomic E-state index is -0.587. The normalized spacial score (nSPS) is 13.8. The largest absolute Gasteiger partial charge is 0.497 e. The lowest BCUT2D eigenvalue weighted by molar-refractivity contribution is -0.121. The molecule has 2 aromatic carbocycles. The molecule has 0 spiro atoms. The van der Waals surface area contributed by atoms with Crippen molar-refractivity contribution >= 4 is 17.6 Å². The molecule has 1 atom stereocenters. The standard InChI is InChI=1S/C22H27N3O3/c1-15(2)20(21(26)25-12-11-17-8-4-5-10-19(17)25)24-22(27)23-14-16-7-6-9-18(13-16)28-3/h4-10,13,15,20H,11-12,14H2,1-3H3,(H2,23,24,27)/t20-/m0/s1. The summed E-state index contributed by atoms with van der Waals surface area (Å²) in [5.41, 5.74) is 3.04. The van der Waals surface area contributed by atoms with Gasteiger partial charge in [0.25, 0.3) is 0 Å². The van der Waals surface area contributed by atoms with Crippen LogP contribution in [0.1, 0.15) is 25.0 Å². The number of urea groups is 1. The van der Waals surface area contributed by atoms with Crippen LogP contribution in [-0.4, -0.2) is 31.6 Å². The number of carbonyl (C=O) groups excluding carboxylic acids is 2. The molecule has 2 aromatic rings. The molecule has 28 heavy (non-hydrogen) atoms. The maximum absolute atomic E-state index is 13.1. The number of nitrogens with one attached hydrogen (secondary N) is 2. The summed E-state index contributed by atoms with van der Waals surface area (Å²) >= 11 is 0. The summed E-state index contributed by atoms with van der Waals surface area (Å²) in [7, 11) is 1.61. The Balaban J connectivity index is 1.62. The molecule has 6 heteroatoms. The van der Waals surface area contributed by atoms with Gasteiger partial charge in [0, 0.05) is 18.8 Å². The zero-order valence-electron chi connectivity index (χ0n) is 16.6. The molecule has 0 saturated carbocycles. The predicted octanol–water partition coefficient (Wildman–Crippen LogP) is 3.11. The molecule has 3 rings (SSSR count). The first-order valence-corrected chi connectivity index (χ1v) is 9.56. The molecule has 1 aliphatic heterocycles. The fraction of sp³-hybridized carbons (Fsp3) is 0.364. The fourth-order valence-corrected chi connectivity index (χ4v) is 3.41. The van der Waals surface area contributed by atoms with Crippen LogP contribution in [0.5, 0.6) is 5.75 Å². The lowest BCUT2D eigenvalue weighted by Crippen LogP contribution is -2.53. The maximum Gasteiger partial charge on any atom is 0.315 e. The van der Waals surface area contributed by atoms with E-state index in [2.05, 4.69) is 10.6 Å². The second kappa shape index (κ2) is 8.78. The predicted molar refractivity (Wildman–Crippen MR) is 109 cm³/mol. The highest BCUT2D eigenvalue weighted by atomic mass is 16.5. The van der Waals surface area contributed by atoms with E-state index < -0.39 is 6.04 Å². The van der Waals surface area contributed by atoms with Crippen molar-refractivity contribution in [1.82, 2.24) is 10.6 Å². The van der Waals surface area contributed by atoms with Crippen LogP contribution in [0, 0.1) is 5.92 Å². The molecule has 0 bridgehead atoms. The molecule has 1 aliphatic rings. The Morgan fingerprint density at radius 3 is 2.68 bits per heavy atom. The van der Waals surface area contributed by atoms with Crippen molar-refractivity contribution in [3.05, 3.63) is 59.7 Å². The van der Waals surface area contributed by atoms with Crippen molar-refractivity contribution in [2.75, 3.05) is 18.6 Å². The average Bonchev–Trinajstić information content (AvgIpc) is 3.14. The van der Waals surface area contributed by atoms with Crippen LogP contribution in [0.4, 0.5) is 10.5 Å². The van der Waals surface area contributed by atoms with Crippen molar-refractivity contribution < 1.29 is 14.3 Å². The highest BCUT2D eigenvalue weighted by Gasteiger charge is 2.32. The number of anilines is 1. The van der Waals surface area contributed by atoms with Crippen LogP contribution < -0.4 is 20.3 Å². The van der Waals surface area contributed by atoms with E-state index in [-0.39, 0.29) is 17.9 Å². The number of amides is 3. The van der Waals surface area contributed by atoms with Crippen LogP contribution >= 0.6 is 0 Å². The number of rotatable bonds is 6. The SMILES string of the molecule is COc1cccc(CNC(=O)N[C@H](C(=O)N2CCc3ccccc32)C(C)C)c1. The molecular formula is C22H27N3O3. The average molecular weight is 381 g/mol. The third kappa shape index (κ3) is 4.44. The molecule has 3 amide bonds. The molecule has 2 N–H and O–H groups in total. The summed E-state index contributed by atoms with van der Waals surface area (Å²) in [6.45, 7) is 4.88. The topological polar surface area (TPSA) is 70.7 Å². The molecule has 0 fully saturated rings. The van der Waals surface area contributed by atoms with E-state index in [1.54, 1.807) is 12.0 Å². The van der Waals surface area contributed by atoms with E-state index in [4.69, 9.17) is 4.74 Å². The number of fused-ring (bicyclic) bond motifs is 1. The quantitative estimate of drug-likeness (QED) is 0.808. The first kappa shape index (κ1) is 19.7. The van der Waals surface area contributed by atoms with E-state index in [9.17, 15) is 9.59 Å². The van der Waals surface area contributed by atoms with Crippen molar-refractivity contribution in [1.29, 1.82) is 0 Å². The Morgan fingerprint density at radius 1 is 1.14 bits per heavy atom. The third-order valence-electron chi connectivity index (χ3n) is 4.96. The van der Waals surface area contributed by atoms with Gasteiger partial charge >= 0.3 is 6.03 Å². The van der Waals surface area contributed by atoms with Crippen molar-refractivity contribution in [2.24, 2.45) is 5.92 Å². The van der Waals surface area contributed by atoms with E-state index in [1.165, 1.54) is 5.56 Å². The summed E-state index contributed by atoms with van der Waals surface area (Å²) < 4.78 is 5.20. The molecule has 0 aliphatic carbocycles. The number of carbonyl (C=O) groups is 2. The molecule has 0 saturated heterocycles. The van der Waals surface area contributed by atoms with Gasteiger partial charge in [0.15, 0.2) is 0 Å². The van der Waals surface area contributed by atoms with Gasteiger partial charge in [0.2, 0.25) is 5.91 Å². The number of para-hydroxylation sites is 1. The van der Waals surface area contributed by atoms with Crippen molar-refractivity contribution in [2.45, 2.75) is 32.9 Å². The molecule has 1 heterocycles. The number of ether oxygens (including phenoxy) is 1. The second-order valence-corrected chi connectivity index (χ2v) is 7.27. The molecule has 6 nitrogen and oxygen atoms in total. The summed E-state index contributed by atoms with van der Waals surface area (Å²) in [5, 5.41) is 5.67. The third-order valence-corrected chi connectivity index (χ3v) is 4.96. The zero-order valence-corrected chi connectivity index (χ0v) is 16.6. The van der Waals surface area contributed by atoms with Crippen LogP contribution in [0.25, 0.3) is 0 Å². The van der Waals surface area contributed by atoms with E-state index in [0.717, 1.165) is 23.4 Å². The highest BCUT2D eigenvalue weighted by molar-refractivity contribution is 6.00. The number of hydrogen-bond acceptors (Lipinski definition) is 3. The number of hydrogen-bond donors (Lipinski definition) is 2. The zero-order chi connectivity index (χ0) is 20.1. The minimum Gasteiger partial charge on any atom is -0.497 e. The van der Waals surface area contributed by atoms with Gasteiger partial charge in [-0.2, -0.15) is 0 Å². The van der Waals surface area contributed by atoms with Gasteiger partial charge in [-0.25, -0.2) is 4.79 Å².